The lowest BCUT2D eigenvalue weighted by atomic mass is 9.86. The molecule has 2 rings (SSSR count). The Morgan fingerprint density at radius 2 is 2.00 bits per heavy atom. The van der Waals surface area contributed by atoms with E-state index in [9.17, 15) is 5.11 Å². The van der Waals surface area contributed by atoms with Crippen LogP contribution in [0.25, 0.3) is 0 Å². The Kier molecular flexibility index (Phi) is 1.26. The second-order valence-corrected chi connectivity index (χ2v) is 3.16. The van der Waals surface area contributed by atoms with Crippen molar-refractivity contribution in [3.63, 3.8) is 0 Å². The lowest BCUT2D eigenvalue weighted by Gasteiger charge is -2.22. The van der Waals surface area contributed by atoms with Crippen LogP contribution in [-0.2, 0) is 12.8 Å². The molecule has 1 aromatic carbocycles. The number of hydrogen-bond acceptors (Lipinski definition) is 2. The average Bonchev–Trinajstić information content (AvgIpc) is 1.81. The van der Waals surface area contributed by atoms with E-state index in [-0.39, 0.29) is 5.75 Å². The van der Waals surface area contributed by atoms with Gasteiger partial charge in [0, 0.05) is 11.3 Å². The van der Waals surface area contributed by atoms with Gasteiger partial charge in [0.25, 0.3) is 0 Å². The van der Waals surface area contributed by atoms with E-state index >= 15 is 0 Å². The van der Waals surface area contributed by atoms with E-state index in [1.807, 2.05) is 0 Å². The van der Waals surface area contributed by atoms with Crippen LogP contribution >= 0.6 is 11.6 Å². The molecule has 0 saturated heterocycles. The summed E-state index contributed by atoms with van der Waals surface area (Å²) >= 11 is 5.70. The molecule has 0 spiro atoms. The molecule has 2 nitrogen and oxygen atoms in total. The predicted octanol–water partition coefficient (Wildman–Crippen LogP) is 1.73. The summed E-state index contributed by atoms with van der Waals surface area (Å²) in [5.41, 5.74) is 8.34. The van der Waals surface area contributed by atoms with E-state index in [2.05, 4.69) is 0 Å². The van der Waals surface area contributed by atoms with Crippen LogP contribution in [0.15, 0.2) is 6.07 Å². The summed E-state index contributed by atoms with van der Waals surface area (Å²) in [5, 5.41) is 9.74. The minimum atomic E-state index is 0.210. The molecule has 0 aromatic heterocycles. The zero-order valence-electron chi connectivity index (χ0n) is 5.89. The highest BCUT2D eigenvalue weighted by Crippen LogP contribution is 2.40. The number of nitrogen functional groups attached to an aromatic ring is 1. The first-order valence-corrected chi connectivity index (χ1v) is 3.86. The first-order chi connectivity index (χ1) is 5.20. The Labute approximate surface area is 69.6 Å². The Morgan fingerprint density at radius 3 is 2.55 bits per heavy atom. The van der Waals surface area contributed by atoms with Gasteiger partial charge in [0.15, 0.2) is 0 Å². The Morgan fingerprint density at radius 1 is 1.36 bits per heavy atom. The maximum absolute atomic E-state index is 9.38. The number of fused-ring (bicyclic) bond motifs is 1. The van der Waals surface area contributed by atoms with Crippen LogP contribution in [0.3, 0.4) is 0 Å². The molecule has 0 saturated carbocycles. The standard InChI is InChI=1S/C8H8ClNO/c9-6-3-7(10)4-1-2-5(4)8(6)11/h3,11H,1-2,10H2. The Bertz CT molecular complexity index is 302. The molecule has 0 aliphatic heterocycles. The van der Waals surface area contributed by atoms with E-state index in [1.165, 1.54) is 0 Å². The molecule has 0 bridgehead atoms. The molecule has 58 valence electrons. The lowest BCUT2D eigenvalue weighted by Crippen LogP contribution is -2.11. The first-order valence-electron chi connectivity index (χ1n) is 3.49. The predicted molar refractivity (Wildman–Crippen MR) is 44.9 cm³/mol. The fourth-order valence-corrected chi connectivity index (χ4v) is 1.62. The molecule has 3 N–H and O–H groups in total. The molecular weight excluding hydrogens is 162 g/mol. The summed E-state index contributed by atoms with van der Waals surface area (Å²) < 4.78 is 0. The van der Waals surface area contributed by atoms with E-state index < -0.39 is 0 Å². The van der Waals surface area contributed by atoms with Crippen molar-refractivity contribution in [2.24, 2.45) is 0 Å². The summed E-state index contributed by atoms with van der Waals surface area (Å²) in [5.74, 6) is 0.210. The maximum Gasteiger partial charge on any atom is 0.137 e. The lowest BCUT2D eigenvalue weighted by molar-refractivity contribution is 0.462. The number of phenols is 1. The van der Waals surface area contributed by atoms with Gasteiger partial charge in [-0.15, -0.1) is 0 Å². The van der Waals surface area contributed by atoms with Gasteiger partial charge in [-0.2, -0.15) is 0 Å². The third-order valence-electron chi connectivity index (χ3n) is 2.13. The van der Waals surface area contributed by atoms with Crippen molar-refractivity contribution in [3.05, 3.63) is 22.2 Å². The van der Waals surface area contributed by atoms with Crippen LogP contribution in [0.4, 0.5) is 5.69 Å². The molecule has 11 heavy (non-hydrogen) atoms. The van der Waals surface area contributed by atoms with Crippen LogP contribution < -0.4 is 5.73 Å². The molecule has 0 radical (unpaired) electrons. The molecule has 0 amide bonds. The second kappa shape index (κ2) is 2.05. The summed E-state index contributed by atoms with van der Waals surface area (Å²) in [4.78, 5) is 0. The summed E-state index contributed by atoms with van der Waals surface area (Å²) in [6, 6.07) is 1.61. The third kappa shape index (κ3) is 0.792. The van der Waals surface area contributed by atoms with Crippen LogP contribution in [0, 0.1) is 0 Å². The van der Waals surface area contributed by atoms with Crippen molar-refractivity contribution in [2.45, 2.75) is 12.8 Å². The molecule has 1 aliphatic carbocycles. The minimum absolute atomic E-state index is 0.210. The fourth-order valence-electron chi connectivity index (χ4n) is 1.39. The van der Waals surface area contributed by atoms with Crippen molar-refractivity contribution >= 4 is 17.3 Å². The van der Waals surface area contributed by atoms with E-state index in [4.69, 9.17) is 17.3 Å². The number of benzene rings is 1. The van der Waals surface area contributed by atoms with Gasteiger partial charge >= 0.3 is 0 Å². The van der Waals surface area contributed by atoms with Crippen LogP contribution in [0.5, 0.6) is 5.75 Å². The fraction of sp³-hybridized carbons (Fsp3) is 0.250. The summed E-state index contributed by atoms with van der Waals surface area (Å²) in [6.45, 7) is 0. The minimum Gasteiger partial charge on any atom is -0.506 e. The zero-order valence-corrected chi connectivity index (χ0v) is 6.65. The monoisotopic (exact) mass is 169 g/mol. The van der Waals surface area contributed by atoms with Crippen molar-refractivity contribution in [2.75, 3.05) is 5.73 Å². The van der Waals surface area contributed by atoms with Crippen molar-refractivity contribution in [3.8, 4) is 5.75 Å². The van der Waals surface area contributed by atoms with Crippen molar-refractivity contribution in [1.82, 2.24) is 0 Å². The molecule has 3 heteroatoms. The summed E-state index contributed by atoms with van der Waals surface area (Å²) in [6.07, 6.45) is 1.86. The number of phenolic OH excluding ortho intramolecular Hbond substituents is 1. The molecule has 1 aliphatic rings. The zero-order chi connectivity index (χ0) is 8.01. The van der Waals surface area contributed by atoms with E-state index in [0.29, 0.717) is 10.7 Å². The highest BCUT2D eigenvalue weighted by atomic mass is 35.5. The number of hydrogen-bond donors (Lipinski definition) is 2. The molecular formula is C8H8ClNO. The van der Waals surface area contributed by atoms with Gasteiger partial charge in [-0.3, -0.25) is 0 Å². The topological polar surface area (TPSA) is 46.2 Å². The summed E-state index contributed by atoms with van der Waals surface area (Å²) in [7, 11) is 0. The number of halogens is 1. The molecule has 0 fully saturated rings. The highest BCUT2D eigenvalue weighted by molar-refractivity contribution is 6.32. The number of rotatable bonds is 0. The van der Waals surface area contributed by atoms with Crippen molar-refractivity contribution < 1.29 is 5.11 Å². The third-order valence-corrected chi connectivity index (χ3v) is 2.42. The number of anilines is 1. The van der Waals surface area contributed by atoms with Crippen LogP contribution in [0.1, 0.15) is 11.1 Å². The molecule has 1 aromatic rings. The van der Waals surface area contributed by atoms with Gasteiger partial charge in [-0.05, 0) is 24.5 Å². The normalized spacial score (nSPS) is 13.9. The number of aromatic hydroxyl groups is 1. The van der Waals surface area contributed by atoms with Gasteiger partial charge in [0.2, 0.25) is 0 Å². The van der Waals surface area contributed by atoms with Crippen LogP contribution in [0.2, 0.25) is 5.02 Å². The SMILES string of the molecule is Nc1cc(Cl)c(O)c2c1CC2. The first kappa shape index (κ1) is 6.80. The Balaban J connectivity index is 2.70. The van der Waals surface area contributed by atoms with E-state index in [1.54, 1.807) is 6.07 Å². The number of nitrogens with two attached hydrogens (primary N) is 1. The highest BCUT2D eigenvalue weighted by Gasteiger charge is 2.21. The van der Waals surface area contributed by atoms with Gasteiger partial charge in [-0.25, -0.2) is 0 Å². The quantitative estimate of drug-likeness (QED) is 0.459. The molecule has 0 heterocycles. The van der Waals surface area contributed by atoms with E-state index in [0.717, 1.165) is 24.0 Å². The van der Waals surface area contributed by atoms with Gasteiger partial charge in [-0.1, -0.05) is 11.6 Å². The molecule has 0 atom stereocenters. The second-order valence-electron chi connectivity index (χ2n) is 2.75. The van der Waals surface area contributed by atoms with Gasteiger partial charge in [0.05, 0.1) is 5.02 Å². The Hall–Kier alpha value is -0.890. The average molecular weight is 170 g/mol. The largest absolute Gasteiger partial charge is 0.506 e. The molecule has 0 unspecified atom stereocenters. The van der Waals surface area contributed by atoms with Gasteiger partial charge < -0.3 is 10.8 Å². The maximum atomic E-state index is 9.38. The van der Waals surface area contributed by atoms with Crippen LogP contribution in [-0.4, -0.2) is 5.11 Å². The van der Waals surface area contributed by atoms with Crippen molar-refractivity contribution in [1.29, 1.82) is 0 Å². The smallest absolute Gasteiger partial charge is 0.137 e. The van der Waals surface area contributed by atoms with Gasteiger partial charge in [0.1, 0.15) is 5.75 Å².